The van der Waals surface area contributed by atoms with Gasteiger partial charge in [-0.3, -0.25) is 4.98 Å². The molecule has 4 heterocycles. The molecule has 3 aromatic rings. The lowest BCUT2D eigenvalue weighted by atomic mass is 9.96. The molecular weight excluding hydrogens is 356 g/mol. The van der Waals surface area contributed by atoms with E-state index in [1.165, 1.54) is 17.0 Å². The highest BCUT2D eigenvalue weighted by atomic mass is 32.1. The number of nitrogens with zero attached hydrogens (tertiary/aromatic N) is 3. The Hall–Kier alpha value is -2.60. The van der Waals surface area contributed by atoms with Gasteiger partial charge in [-0.2, -0.15) is 0 Å². The third-order valence-corrected chi connectivity index (χ3v) is 5.70. The van der Waals surface area contributed by atoms with Crippen molar-refractivity contribution in [3.05, 3.63) is 77.3 Å². The maximum atomic E-state index is 5.72. The summed E-state index contributed by atoms with van der Waals surface area (Å²) in [5, 5.41) is 4.23. The molecule has 1 N–H and O–H groups in total. The smallest absolute Gasteiger partial charge is 0.170 e. The van der Waals surface area contributed by atoms with Gasteiger partial charge in [-0.05, 0) is 68.9 Å². The molecule has 1 fully saturated rings. The van der Waals surface area contributed by atoms with E-state index in [4.69, 9.17) is 16.6 Å². The Balaban J connectivity index is 1.80. The second-order valence-electron chi connectivity index (χ2n) is 6.90. The van der Waals surface area contributed by atoms with Crippen LogP contribution in [0.2, 0.25) is 0 Å². The van der Waals surface area contributed by atoms with Gasteiger partial charge < -0.3 is 19.2 Å². The van der Waals surface area contributed by atoms with E-state index in [1.54, 1.807) is 6.26 Å². The Morgan fingerprint density at radius 3 is 2.70 bits per heavy atom. The fourth-order valence-electron chi connectivity index (χ4n) is 4.10. The summed E-state index contributed by atoms with van der Waals surface area (Å²) in [6.07, 6.45) is 3.54. The number of aromatic nitrogens is 2. The highest BCUT2D eigenvalue weighted by Gasteiger charge is 2.41. The van der Waals surface area contributed by atoms with Crippen LogP contribution in [-0.4, -0.2) is 19.6 Å². The highest BCUT2D eigenvalue weighted by molar-refractivity contribution is 7.80. The van der Waals surface area contributed by atoms with Crippen molar-refractivity contribution in [3.63, 3.8) is 0 Å². The molecular formula is C21H24N4OS. The summed E-state index contributed by atoms with van der Waals surface area (Å²) >= 11 is 5.72. The van der Waals surface area contributed by atoms with Gasteiger partial charge in [-0.1, -0.05) is 6.07 Å². The molecule has 3 aromatic heterocycles. The molecule has 1 saturated heterocycles. The second-order valence-corrected chi connectivity index (χ2v) is 7.29. The van der Waals surface area contributed by atoms with E-state index in [9.17, 15) is 0 Å². The quantitative estimate of drug-likeness (QED) is 0.669. The number of rotatable bonds is 5. The predicted molar refractivity (Wildman–Crippen MR) is 109 cm³/mol. The molecule has 5 nitrogen and oxygen atoms in total. The topological polar surface area (TPSA) is 46.2 Å². The van der Waals surface area contributed by atoms with Crippen LogP contribution in [0.5, 0.6) is 0 Å². The number of aryl methyl sites for hydroxylation is 1. The molecule has 0 aromatic carbocycles. The van der Waals surface area contributed by atoms with Gasteiger partial charge in [0.15, 0.2) is 5.11 Å². The first-order valence-electron chi connectivity index (χ1n) is 9.27. The normalized spacial score (nSPS) is 19.5. The molecule has 1 aliphatic heterocycles. The van der Waals surface area contributed by atoms with Crippen molar-refractivity contribution in [1.29, 1.82) is 0 Å². The zero-order chi connectivity index (χ0) is 19.0. The van der Waals surface area contributed by atoms with Gasteiger partial charge in [0.2, 0.25) is 0 Å². The average molecular weight is 381 g/mol. The summed E-state index contributed by atoms with van der Waals surface area (Å²) in [7, 11) is 0. The van der Waals surface area contributed by atoms with Gasteiger partial charge in [-0.15, -0.1) is 0 Å². The van der Waals surface area contributed by atoms with Crippen LogP contribution in [0, 0.1) is 13.8 Å². The summed E-state index contributed by atoms with van der Waals surface area (Å²) in [5.41, 5.74) is 4.81. The van der Waals surface area contributed by atoms with Crippen molar-refractivity contribution >= 4 is 17.3 Å². The van der Waals surface area contributed by atoms with Crippen LogP contribution in [0.25, 0.3) is 0 Å². The van der Waals surface area contributed by atoms with E-state index in [2.05, 4.69) is 52.7 Å². The van der Waals surface area contributed by atoms with Crippen LogP contribution < -0.4 is 5.32 Å². The molecule has 27 heavy (non-hydrogen) atoms. The van der Waals surface area contributed by atoms with Crippen LogP contribution in [0.15, 0.2) is 53.3 Å². The summed E-state index contributed by atoms with van der Waals surface area (Å²) < 4.78 is 7.94. The fourth-order valence-corrected chi connectivity index (χ4v) is 4.40. The first-order valence-corrected chi connectivity index (χ1v) is 9.68. The van der Waals surface area contributed by atoms with Crippen LogP contribution >= 0.6 is 12.2 Å². The SMILES string of the molecule is CCn1c(C)cc([C@H]2[C@@H](c3ccccn3)NC(=S)N2Cc2ccco2)c1C. The molecule has 0 radical (unpaired) electrons. The lowest BCUT2D eigenvalue weighted by Gasteiger charge is -2.27. The van der Waals surface area contributed by atoms with E-state index in [0.717, 1.165) is 23.1 Å². The van der Waals surface area contributed by atoms with E-state index >= 15 is 0 Å². The van der Waals surface area contributed by atoms with Crippen LogP contribution in [-0.2, 0) is 13.1 Å². The average Bonchev–Trinajstić information content (AvgIpc) is 3.36. The summed E-state index contributed by atoms with van der Waals surface area (Å²) in [4.78, 5) is 6.82. The van der Waals surface area contributed by atoms with Gasteiger partial charge in [0.05, 0.1) is 30.6 Å². The second kappa shape index (κ2) is 7.19. The Morgan fingerprint density at radius 2 is 2.07 bits per heavy atom. The third-order valence-electron chi connectivity index (χ3n) is 5.35. The lowest BCUT2D eigenvalue weighted by Crippen LogP contribution is -2.29. The highest BCUT2D eigenvalue weighted by Crippen LogP contribution is 2.41. The summed E-state index contributed by atoms with van der Waals surface area (Å²) in [6, 6.07) is 12.3. The maximum absolute atomic E-state index is 5.72. The molecule has 0 unspecified atom stereocenters. The molecule has 0 aliphatic carbocycles. The number of thiocarbonyl (C=S) groups is 1. The Labute approximate surface area is 165 Å². The van der Waals surface area contributed by atoms with Crippen molar-refractivity contribution in [2.45, 2.75) is 45.9 Å². The molecule has 1 aliphatic rings. The number of furan rings is 1. The summed E-state index contributed by atoms with van der Waals surface area (Å²) in [5.74, 6) is 0.898. The van der Waals surface area contributed by atoms with E-state index in [0.29, 0.717) is 6.54 Å². The van der Waals surface area contributed by atoms with Crippen LogP contribution in [0.3, 0.4) is 0 Å². The molecule has 0 spiro atoms. The van der Waals surface area contributed by atoms with Gasteiger partial charge >= 0.3 is 0 Å². The number of hydrogen-bond acceptors (Lipinski definition) is 3. The van der Waals surface area contributed by atoms with Gasteiger partial charge in [0.1, 0.15) is 5.76 Å². The number of pyridine rings is 1. The zero-order valence-corrected chi connectivity index (χ0v) is 16.7. The summed E-state index contributed by atoms with van der Waals surface area (Å²) in [6.45, 7) is 8.11. The first-order chi connectivity index (χ1) is 13.1. The van der Waals surface area contributed by atoms with Crippen molar-refractivity contribution < 1.29 is 4.42 Å². The van der Waals surface area contributed by atoms with Gasteiger partial charge in [0.25, 0.3) is 0 Å². The van der Waals surface area contributed by atoms with Crippen molar-refractivity contribution in [2.24, 2.45) is 0 Å². The Morgan fingerprint density at radius 1 is 1.22 bits per heavy atom. The standard InChI is InChI=1S/C21H24N4OS/c1-4-24-14(2)12-17(15(24)3)20-19(18-9-5-6-10-22-18)23-21(27)25(20)13-16-8-7-11-26-16/h5-12,19-20H,4,13H2,1-3H3,(H,23,27)/t19-,20+/m1/s1. The molecule has 0 amide bonds. The molecule has 0 saturated carbocycles. The minimum absolute atomic E-state index is 0.000492. The molecule has 0 bridgehead atoms. The molecule has 4 rings (SSSR count). The van der Waals surface area contributed by atoms with Crippen molar-refractivity contribution in [1.82, 2.24) is 19.8 Å². The monoisotopic (exact) mass is 380 g/mol. The molecule has 2 atom stereocenters. The van der Waals surface area contributed by atoms with E-state index in [1.807, 2.05) is 30.5 Å². The first kappa shape index (κ1) is 17.8. The lowest BCUT2D eigenvalue weighted by molar-refractivity contribution is 0.286. The molecule has 140 valence electrons. The third kappa shape index (κ3) is 3.14. The van der Waals surface area contributed by atoms with Crippen LogP contribution in [0.4, 0.5) is 0 Å². The predicted octanol–water partition coefficient (Wildman–Crippen LogP) is 4.29. The van der Waals surface area contributed by atoms with Crippen molar-refractivity contribution in [3.8, 4) is 0 Å². The minimum atomic E-state index is -0.000492. The number of nitrogens with one attached hydrogen (secondary N) is 1. The minimum Gasteiger partial charge on any atom is -0.467 e. The van der Waals surface area contributed by atoms with Crippen LogP contribution in [0.1, 0.15) is 47.4 Å². The van der Waals surface area contributed by atoms with E-state index < -0.39 is 0 Å². The fraction of sp³-hybridized carbons (Fsp3) is 0.333. The Bertz CT molecular complexity index is 933. The number of hydrogen-bond donors (Lipinski definition) is 1. The van der Waals surface area contributed by atoms with Crippen molar-refractivity contribution in [2.75, 3.05) is 0 Å². The van der Waals surface area contributed by atoms with Gasteiger partial charge in [0, 0.05) is 24.1 Å². The zero-order valence-electron chi connectivity index (χ0n) is 15.8. The molecule has 6 heteroatoms. The van der Waals surface area contributed by atoms with Gasteiger partial charge in [-0.25, -0.2) is 0 Å². The Kier molecular flexibility index (Phi) is 4.74. The largest absolute Gasteiger partial charge is 0.467 e. The van der Waals surface area contributed by atoms with E-state index in [-0.39, 0.29) is 12.1 Å². The maximum Gasteiger partial charge on any atom is 0.170 e.